The third kappa shape index (κ3) is 2.11. The maximum absolute atomic E-state index is 4.25. The van der Waals surface area contributed by atoms with Gasteiger partial charge < -0.3 is 0 Å². The molecule has 0 amide bonds. The number of pyridine rings is 1. The van der Waals surface area contributed by atoms with Gasteiger partial charge in [-0.1, -0.05) is 48.4 Å². The highest BCUT2D eigenvalue weighted by Crippen LogP contribution is 2.37. The van der Waals surface area contributed by atoms with Crippen LogP contribution in [0, 0.1) is 11.8 Å². The van der Waals surface area contributed by atoms with Gasteiger partial charge in [0.15, 0.2) is 0 Å². The molecule has 0 aliphatic heterocycles. The Morgan fingerprint density at radius 3 is 2.52 bits per heavy atom. The topological polar surface area (TPSA) is 12.9 Å². The minimum absolute atomic E-state index is 0.811. The van der Waals surface area contributed by atoms with Crippen molar-refractivity contribution in [1.29, 1.82) is 0 Å². The number of hydrogen-bond donors (Lipinski definition) is 0. The molecular formula is C20H13N. The molecule has 1 aromatic heterocycles. The molecule has 1 aliphatic carbocycles. The summed E-state index contributed by atoms with van der Waals surface area (Å²) in [7, 11) is 0. The molecule has 4 rings (SSSR count). The van der Waals surface area contributed by atoms with E-state index in [4.69, 9.17) is 0 Å². The summed E-state index contributed by atoms with van der Waals surface area (Å²) in [5, 5.41) is 0. The summed E-state index contributed by atoms with van der Waals surface area (Å²) < 4.78 is 0. The van der Waals surface area contributed by atoms with Gasteiger partial charge >= 0.3 is 0 Å². The van der Waals surface area contributed by atoms with Crippen LogP contribution >= 0.6 is 0 Å². The van der Waals surface area contributed by atoms with Crippen LogP contribution in [0.5, 0.6) is 0 Å². The minimum Gasteiger partial charge on any atom is -0.248 e. The molecule has 1 heterocycles. The third-order valence-electron chi connectivity index (χ3n) is 3.84. The summed E-state index contributed by atoms with van der Waals surface area (Å²) in [5.41, 5.74) is 7.30. The van der Waals surface area contributed by atoms with Crippen molar-refractivity contribution in [3.63, 3.8) is 0 Å². The lowest BCUT2D eigenvalue weighted by molar-refractivity contribution is 1.25. The second-order valence-corrected chi connectivity index (χ2v) is 5.13. The number of aromatic nitrogens is 1. The molecule has 0 bridgehead atoms. The van der Waals surface area contributed by atoms with Crippen LogP contribution in [0.15, 0.2) is 66.9 Å². The lowest BCUT2D eigenvalue weighted by Gasteiger charge is -2.02. The van der Waals surface area contributed by atoms with Gasteiger partial charge in [0.1, 0.15) is 5.69 Å². The molecule has 3 aromatic rings. The smallest absolute Gasteiger partial charge is 0.113 e. The van der Waals surface area contributed by atoms with Crippen LogP contribution in [0.2, 0.25) is 0 Å². The molecule has 1 nitrogen and oxygen atoms in total. The quantitative estimate of drug-likeness (QED) is 0.438. The van der Waals surface area contributed by atoms with Crippen LogP contribution in [0.3, 0.4) is 0 Å². The molecule has 0 saturated carbocycles. The second kappa shape index (κ2) is 4.92. The summed E-state index contributed by atoms with van der Waals surface area (Å²) in [6.07, 6.45) is 2.74. The summed E-state index contributed by atoms with van der Waals surface area (Å²) in [6, 6.07) is 20.8. The van der Waals surface area contributed by atoms with Crippen molar-refractivity contribution in [3.05, 3.63) is 89.2 Å². The van der Waals surface area contributed by atoms with Crippen LogP contribution in [-0.4, -0.2) is 4.98 Å². The largest absolute Gasteiger partial charge is 0.248 e. The molecule has 0 spiro atoms. The Kier molecular flexibility index (Phi) is 2.80. The zero-order valence-corrected chi connectivity index (χ0v) is 11.5. The second-order valence-electron chi connectivity index (χ2n) is 5.13. The number of benzene rings is 2. The van der Waals surface area contributed by atoms with Gasteiger partial charge in [-0.05, 0) is 52.8 Å². The predicted octanol–water partition coefficient (Wildman–Crippen LogP) is 4.05. The zero-order chi connectivity index (χ0) is 14.1. The lowest BCUT2D eigenvalue weighted by Crippen LogP contribution is -1.87. The van der Waals surface area contributed by atoms with Crippen LogP contribution in [0.25, 0.3) is 11.1 Å². The molecule has 1 aliphatic rings. The van der Waals surface area contributed by atoms with Crippen molar-refractivity contribution in [3.8, 4) is 23.0 Å². The number of hydrogen-bond acceptors (Lipinski definition) is 1. The van der Waals surface area contributed by atoms with Crippen LogP contribution in [0.4, 0.5) is 0 Å². The van der Waals surface area contributed by atoms with Gasteiger partial charge in [0.2, 0.25) is 0 Å². The Labute approximate surface area is 124 Å². The first kappa shape index (κ1) is 11.9. The van der Waals surface area contributed by atoms with Crippen molar-refractivity contribution < 1.29 is 0 Å². The fraction of sp³-hybridized carbons (Fsp3) is 0.0500. The summed E-state index contributed by atoms with van der Waals surface area (Å²) in [5.74, 6) is 6.44. The van der Waals surface area contributed by atoms with E-state index in [1.54, 1.807) is 6.20 Å². The van der Waals surface area contributed by atoms with Crippen molar-refractivity contribution in [2.45, 2.75) is 6.42 Å². The molecule has 0 atom stereocenters. The van der Waals surface area contributed by atoms with E-state index in [-0.39, 0.29) is 0 Å². The highest BCUT2D eigenvalue weighted by atomic mass is 14.6. The standard InChI is InChI=1S/C20H13N/c1-2-9-18-16(6-1)14-20-15(7-5-10-19(18)20)11-12-17-8-3-4-13-21-17/h1-10,13H,14H2. The average molecular weight is 267 g/mol. The van der Waals surface area contributed by atoms with Crippen molar-refractivity contribution in [2.75, 3.05) is 0 Å². The minimum atomic E-state index is 0.811. The average Bonchev–Trinajstić information content (AvgIpc) is 2.93. The molecule has 2 aromatic carbocycles. The van der Waals surface area contributed by atoms with E-state index < -0.39 is 0 Å². The van der Waals surface area contributed by atoms with Gasteiger partial charge in [-0.3, -0.25) is 0 Å². The van der Waals surface area contributed by atoms with Gasteiger partial charge in [0, 0.05) is 11.8 Å². The van der Waals surface area contributed by atoms with Gasteiger partial charge in [-0.25, -0.2) is 4.98 Å². The molecular weight excluding hydrogens is 254 g/mol. The fourth-order valence-electron chi connectivity index (χ4n) is 2.84. The normalized spacial score (nSPS) is 11.2. The monoisotopic (exact) mass is 267 g/mol. The Morgan fingerprint density at radius 2 is 1.62 bits per heavy atom. The fourth-order valence-corrected chi connectivity index (χ4v) is 2.84. The van der Waals surface area contributed by atoms with Crippen LogP contribution in [-0.2, 0) is 6.42 Å². The first-order valence-corrected chi connectivity index (χ1v) is 7.05. The van der Waals surface area contributed by atoms with E-state index >= 15 is 0 Å². The molecule has 21 heavy (non-hydrogen) atoms. The number of rotatable bonds is 0. The number of nitrogens with zero attached hydrogens (tertiary/aromatic N) is 1. The van der Waals surface area contributed by atoms with Gasteiger partial charge in [0.05, 0.1) is 0 Å². The maximum Gasteiger partial charge on any atom is 0.113 e. The molecule has 98 valence electrons. The van der Waals surface area contributed by atoms with Gasteiger partial charge in [-0.15, -0.1) is 0 Å². The molecule has 0 fully saturated rings. The zero-order valence-electron chi connectivity index (χ0n) is 11.5. The Morgan fingerprint density at radius 1 is 0.762 bits per heavy atom. The van der Waals surface area contributed by atoms with E-state index in [1.807, 2.05) is 18.2 Å². The van der Waals surface area contributed by atoms with Gasteiger partial charge in [-0.2, -0.15) is 0 Å². The molecule has 0 N–H and O–H groups in total. The van der Waals surface area contributed by atoms with E-state index in [0.717, 1.165) is 17.7 Å². The molecule has 0 saturated heterocycles. The SMILES string of the molecule is C(#Cc1cccc2c1Cc1ccccc1-2)c1ccccn1. The van der Waals surface area contributed by atoms with E-state index in [0.29, 0.717) is 0 Å². The van der Waals surface area contributed by atoms with Crippen molar-refractivity contribution in [1.82, 2.24) is 4.98 Å². The summed E-state index contributed by atoms with van der Waals surface area (Å²) in [6.45, 7) is 0. The summed E-state index contributed by atoms with van der Waals surface area (Å²) in [4.78, 5) is 4.25. The summed E-state index contributed by atoms with van der Waals surface area (Å²) >= 11 is 0. The van der Waals surface area contributed by atoms with E-state index in [9.17, 15) is 0 Å². The van der Waals surface area contributed by atoms with Crippen LogP contribution < -0.4 is 0 Å². The van der Waals surface area contributed by atoms with E-state index in [1.165, 1.54) is 22.3 Å². The highest BCUT2D eigenvalue weighted by molar-refractivity contribution is 5.79. The molecule has 0 radical (unpaired) electrons. The molecule has 0 unspecified atom stereocenters. The third-order valence-corrected chi connectivity index (χ3v) is 3.84. The lowest BCUT2D eigenvalue weighted by atomic mass is 10.0. The Balaban J connectivity index is 1.79. The maximum atomic E-state index is 4.25. The van der Waals surface area contributed by atoms with Crippen molar-refractivity contribution >= 4 is 0 Å². The highest BCUT2D eigenvalue weighted by Gasteiger charge is 2.19. The molecule has 1 heteroatoms. The first-order valence-electron chi connectivity index (χ1n) is 7.05. The van der Waals surface area contributed by atoms with Gasteiger partial charge in [0.25, 0.3) is 0 Å². The van der Waals surface area contributed by atoms with E-state index in [2.05, 4.69) is 59.3 Å². The Bertz CT molecular complexity index is 867. The predicted molar refractivity (Wildman–Crippen MR) is 84.9 cm³/mol. The first-order chi connectivity index (χ1) is 10.4. The van der Waals surface area contributed by atoms with Crippen LogP contribution in [0.1, 0.15) is 22.4 Å². The Hall–Kier alpha value is -2.85. The number of fused-ring (bicyclic) bond motifs is 3. The van der Waals surface area contributed by atoms with Crippen molar-refractivity contribution in [2.24, 2.45) is 0 Å².